The lowest BCUT2D eigenvalue weighted by Gasteiger charge is -2.04. The highest BCUT2D eigenvalue weighted by atomic mass is 16.5. The maximum absolute atomic E-state index is 11.4. The summed E-state index contributed by atoms with van der Waals surface area (Å²) < 4.78 is 5.02. The topological polar surface area (TPSA) is 67.0 Å². The number of ether oxygens (including phenoxy) is 1. The summed E-state index contributed by atoms with van der Waals surface area (Å²) in [5.41, 5.74) is 3.01. The van der Waals surface area contributed by atoms with Gasteiger partial charge in [-0.2, -0.15) is 5.10 Å². The van der Waals surface area contributed by atoms with Gasteiger partial charge in [0.2, 0.25) is 5.91 Å². The van der Waals surface area contributed by atoms with Gasteiger partial charge in [-0.25, -0.2) is 0 Å². The summed E-state index contributed by atoms with van der Waals surface area (Å²) in [6.07, 6.45) is 2.06. The van der Waals surface area contributed by atoms with Crippen molar-refractivity contribution < 1.29 is 9.53 Å². The molecule has 0 aliphatic heterocycles. The zero-order valence-corrected chi connectivity index (χ0v) is 15.9. The van der Waals surface area contributed by atoms with E-state index in [4.69, 9.17) is 4.74 Å². The number of nitrogens with one attached hydrogen (secondary N) is 2. The molecule has 0 radical (unpaired) electrons. The summed E-state index contributed by atoms with van der Waals surface area (Å²) in [6, 6.07) is 15.4. The van der Waals surface area contributed by atoms with Crippen LogP contribution in [0.3, 0.4) is 0 Å². The number of hydrogen-bond donors (Lipinski definition) is 2. The van der Waals surface area contributed by atoms with Crippen LogP contribution in [0, 0.1) is 12.8 Å². The molecule has 1 aliphatic rings. The zero-order valence-electron chi connectivity index (χ0n) is 15.9. The molecule has 1 aromatic heterocycles. The number of carbonyl (C=O) groups excluding carboxylic acids is 1. The molecule has 4 rings (SSSR count). The number of rotatable bonds is 3. The van der Waals surface area contributed by atoms with E-state index in [-0.39, 0.29) is 11.8 Å². The molecule has 5 heteroatoms. The maximum atomic E-state index is 11.4. The number of aryl methyl sites for hydroxylation is 1. The molecule has 1 aliphatic carbocycles. The first kappa shape index (κ1) is 19.5. The van der Waals surface area contributed by atoms with Crippen LogP contribution >= 0.6 is 0 Å². The minimum atomic E-state index is 0.134. The first-order valence-corrected chi connectivity index (χ1v) is 9.02. The second kappa shape index (κ2) is 9.61. The molecule has 0 spiro atoms. The average Bonchev–Trinajstić information content (AvgIpc) is 3.49. The largest absolute Gasteiger partial charge is 0.497 e. The Morgan fingerprint density at radius 2 is 1.77 bits per heavy atom. The van der Waals surface area contributed by atoms with Crippen molar-refractivity contribution in [2.45, 2.75) is 33.6 Å². The van der Waals surface area contributed by atoms with E-state index < -0.39 is 0 Å². The van der Waals surface area contributed by atoms with Crippen LogP contribution in [-0.4, -0.2) is 23.2 Å². The second-order valence-corrected chi connectivity index (χ2v) is 5.86. The van der Waals surface area contributed by atoms with Gasteiger partial charge in [-0.1, -0.05) is 32.0 Å². The first-order chi connectivity index (χ1) is 12.7. The third-order valence-corrected chi connectivity index (χ3v) is 3.96. The number of hydrogen-bond acceptors (Lipinski definition) is 3. The van der Waals surface area contributed by atoms with Gasteiger partial charge < -0.3 is 10.1 Å². The lowest BCUT2D eigenvalue weighted by atomic mass is 10.2. The lowest BCUT2D eigenvalue weighted by Crippen LogP contribution is -2.12. The normalized spacial score (nSPS) is 12.3. The molecule has 5 nitrogen and oxygen atoms in total. The molecule has 1 heterocycles. The predicted octanol–water partition coefficient (Wildman–Crippen LogP) is 4.94. The molecule has 26 heavy (non-hydrogen) atoms. The van der Waals surface area contributed by atoms with Gasteiger partial charge in [0.1, 0.15) is 5.75 Å². The summed E-state index contributed by atoms with van der Waals surface area (Å²) in [4.78, 5) is 11.4. The highest BCUT2D eigenvalue weighted by Gasteiger charge is 2.29. The highest BCUT2D eigenvalue weighted by Crippen LogP contribution is 2.30. The van der Waals surface area contributed by atoms with Crippen molar-refractivity contribution in [3.8, 4) is 5.75 Å². The van der Waals surface area contributed by atoms with Crippen molar-refractivity contribution in [2.75, 3.05) is 12.4 Å². The number of para-hydroxylation sites is 1. The molecule has 0 unspecified atom stereocenters. The van der Waals surface area contributed by atoms with Crippen LogP contribution in [0.1, 0.15) is 32.4 Å². The quantitative estimate of drug-likeness (QED) is 0.701. The third-order valence-electron chi connectivity index (χ3n) is 3.96. The molecule has 1 amide bonds. The summed E-state index contributed by atoms with van der Waals surface area (Å²) in [5, 5.41) is 11.1. The lowest BCUT2D eigenvalue weighted by molar-refractivity contribution is -0.117. The fourth-order valence-corrected chi connectivity index (χ4v) is 2.36. The van der Waals surface area contributed by atoms with Gasteiger partial charge in [-0.3, -0.25) is 9.89 Å². The number of fused-ring (bicyclic) bond motifs is 1. The van der Waals surface area contributed by atoms with Crippen molar-refractivity contribution in [3.63, 3.8) is 0 Å². The molecule has 1 fully saturated rings. The SMILES string of the molecule is CC.COc1ccc(NC(=O)C2CC2)cc1.Cc1[nH]nc2ccccc12. The van der Waals surface area contributed by atoms with Gasteiger partial charge in [0.15, 0.2) is 0 Å². The van der Waals surface area contributed by atoms with Crippen LogP contribution in [0.2, 0.25) is 0 Å². The van der Waals surface area contributed by atoms with Crippen LogP contribution in [0.4, 0.5) is 5.69 Å². The number of anilines is 1. The van der Waals surface area contributed by atoms with E-state index in [1.165, 1.54) is 5.39 Å². The summed E-state index contributed by atoms with van der Waals surface area (Å²) in [5.74, 6) is 1.18. The Kier molecular flexibility index (Phi) is 7.21. The van der Waals surface area contributed by atoms with Crippen LogP contribution in [-0.2, 0) is 4.79 Å². The monoisotopic (exact) mass is 353 g/mol. The molecule has 0 atom stereocenters. The second-order valence-electron chi connectivity index (χ2n) is 5.86. The van der Waals surface area contributed by atoms with Crippen molar-refractivity contribution >= 4 is 22.5 Å². The molecule has 0 bridgehead atoms. The van der Waals surface area contributed by atoms with Gasteiger partial charge >= 0.3 is 0 Å². The molecule has 138 valence electrons. The number of aromatic nitrogens is 2. The van der Waals surface area contributed by atoms with Crippen LogP contribution < -0.4 is 10.1 Å². The van der Waals surface area contributed by atoms with E-state index in [9.17, 15) is 4.79 Å². The molecule has 2 aromatic carbocycles. The Balaban J connectivity index is 0.000000178. The summed E-state index contributed by atoms with van der Waals surface area (Å²) >= 11 is 0. The fraction of sp³-hybridized carbons (Fsp3) is 0.333. The molecule has 1 saturated carbocycles. The smallest absolute Gasteiger partial charge is 0.227 e. The third kappa shape index (κ3) is 5.34. The molecular weight excluding hydrogens is 326 g/mol. The van der Waals surface area contributed by atoms with E-state index in [1.807, 2.05) is 63.2 Å². The van der Waals surface area contributed by atoms with Gasteiger partial charge in [0, 0.05) is 22.7 Å². The number of benzene rings is 2. The van der Waals surface area contributed by atoms with E-state index in [1.54, 1.807) is 7.11 Å². The van der Waals surface area contributed by atoms with E-state index >= 15 is 0 Å². The maximum Gasteiger partial charge on any atom is 0.227 e. The van der Waals surface area contributed by atoms with Crippen molar-refractivity contribution in [3.05, 3.63) is 54.2 Å². The van der Waals surface area contributed by atoms with Gasteiger partial charge in [-0.05, 0) is 50.1 Å². The Hall–Kier alpha value is -2.82. The number of methoxy groups -OCH3 is 1. The Morgan fingerprint density at radius 1 is 1.12 bits per heavy atom. The van der Waals surface area contributed by atoms with Gasteiger partial charge in [-0.15, -0.1) is 0 Å². The molecule has 2 N–H and O–H groups in total. The highest BCUT2D eigenvalue weighted by molar-refractivity contribution is 5.94. The molecule has 3 aromatic rings. The van der Waals surface area contributed by atoms with Gasteiger partial charge in [0.25, 0.3) is 0 Å². The Morgan fingerprint density at radius 3 is 2.35 bits per heavy atom. The van der Waals surface area contributed by atoms with Crippen LogP contribution in [0.15, 0.2) is 48.5 Å². The number of nitrogens with zero attached hydrogens (tertiary/aromatic N) is 1. The zero-order chi connectivity index (χ0) is 18.9. The first-order valence-electron chi connectivity index (χ1n) is 9.02. The van der Waals surface area contributed by atoms with Crippen molar-refractivity contribution in [1.29, 1.82) is 0 Å². The van der Waals surface area contributed by atoms with E-state index in [0.29, 0.717) is 0 Å². The van der Waals surface area contributed by atoms with E-state index in [0.717, 1.165) is 35.5 Å². The predicted molar refractivity (Wildman–Crippen MR) is 107 cm³/mol. The van der Waals surface area contributed by atoms with E-state index in [2.05, 4.69) is 21.6 Å². The number of aromatic amines is 1. The van der Waals surface area contributed by atoms with Crippen molar-refractivity contribution in [1.82, 2.24) is 10.2 Å². The fourth-order valence-electron chi connectivity index (χ4n) is 2.36. The summed E-state index contributed by atoms with van der Waals surface area (Å²) in [7, 11) is 1.62. The Bertz CT molecular complexity index is 821. The van der Waals surface area contributed by atoms with Gasteiger partial charge in [0.05, 0.1) is 12.6 Å². The minimum absolute atomic E-state index is 0.134. The van der Waals surface area contributed by atoms with Crippen molar-refractivity contribution in [2.24, 2.45) is 5.92 Å². The minimum Gasteiger partial charge on any atom is -0.497 e. The molecular formula is C21H27N3O2. The Labute approximate surface area is 154 Å². The number of H-pyrrole nitrogens is 1. The average molecular weight is 353 g/mol. The molecule has 0 saturated heterocycles. The summed E-state index contributed by atoms with van der Waals surface area (Å²) in [6.45, 7) is 6.02. The standard InChI is InChI=1S/C11H13NO2.C8H8N2.C2H6/c1-14-10-6-4-9(5-7-10)12-11(13)8-2-3-8;1-6-7-4-2-3-5-8(7)10-9-6;1-2/h4-8H,2-3H2,1H3,(H,12,13);2-5H,1H3,(H,9,10);1-2H3. The number of carbonyl (C=O) groups is 1. The number of amides is 1. The van der Waals surface area contributed by atoms with Crippen LogP contribution in [0.25, 0.3) is 10.9 Å². The van der Waals surface area contributed by atoms with Crippen LogP contribution in [0.5, 0.6) is 5.75 Å².